The van der Waals surface area contributed by atoms with Gasteiger partial charge < -0.3 is 16.0 Å². The van der Waals surface area contributed by atoms with Crippen molar-refractivity contribution in [3.8, 4) is 6.07 Å². The number of hydrogen-bond donors (Lipinski definition) is 2. The Morgan fingerprint density at radius 2 is 2.08 bits per heavy atom. The van der Waals surface area contributed by atoms with Crippen molar-refractivity contribution in [3.05, 3.63) is 11.6 Å². The minimum absolute atomic E-state index is 0.0487. The smallest absolute Gasteiger partial charge is 0.224 e. The van der Waals surface area contributed by atoms with E-state index in [2.05, 4.69) is 11.4 Å². The maximum absolute atomic E-state index is 13.0. The van der Waals surface area contributed by atoms with Gasteiger partial charge in [0, 0.05) is 25.9 Å². The Kier molecular flexibility index (Phi) is 7.65. The molecule has 0 aromatic heterocycles. The van der Waals surface area contributed by atoms with Crippen molar-refractivity contribution in [2.75, 3.05) is 19.6 Å². The van der Waals surface area contributed by atoms with Crippen LogP contribution in [0.1, 0.15) is 64.7 Å². The number of nitrogens with one attached hydrogen (secondary N) is 1. The third-order valence-corrected chi connectivity index (χ3v) is 5.71. The van der Waals surface area contributed by atoms with E-state index in [0.29, 0.717) is 31.8 Å². The highest BCUT2D eigenvalue weighted by Gasteiger charge is 2.42. The molecule has 1 heterocycles. The van der Waals surface area contributed by atoms with E-state index in [9.17, 15) is 14.9 Å². The van der Waals surface area contributed by atoms with Gasteiger partial charge in [-0.25, -0.2) is 0 Å². The van der Waals surface area contributed by atoms with Gasteiger partial charge in [0.15, 0.2) is 0 Å². The van der Waals surface area contributed by atoms with Crippen molar-refractivity contribution in [1.29, 1.82) is 5.26 Å². The van der Waals surface area contributed by atoms with Crippen LogP contribution in [0.5, 0.6) is 0 Å². The van der Waals surface area contributed by atoms with Crippen LogP contribution in [0.4, 0.5) is 0 Å². The highest BCUT2D eigenvalue weighted by molar-refractivity contribution is 5.78. The fourth-order valence-corrected chi connectivity index (χ4v) is 4.07. The normalized spacial score (nSPS) is 24.2. The van der Waals surface area contributed by atoms with E-state index >= 15 is 0 Å². The number of primary amides is 1. The average Bonchev–Trinajstić information content (AvgIpc) is 3.13. The van der Waals surface area contributed by atoms with E-state index in [0.717, 1.165) is 18.5 Å². The summed E-state index contributed by atoms with van der Waals surface area (Å²) in [5, 5.41) is 13.0. The lowest BCUT2D eigenvalue weighted by molar-refractivity contribution is -0.135. The van der Waals surface area contributed by atoms with Gasteiger partial charge in [0.1, 0.15) is 5.54 Å². The minimum atomic E-state index is -0.786. The predicted molar refractivity (Wildman–Crippen MR) is 101 cm³/mol. The third-order valence-electron chi connectivity index (χ3n) is 5.71. The molecule has 1 aliphatic heterocycles. The summed E-state index contributed by atoms with van der Waals surface area (Å²) in [5.41, 5.74) is 5.32. The standard InChI is InChI=1S/C20H32N4O2/c1-16(7-9-18(22)25)13-24(20(14-21)11-12-23-15-20)19(26)10-8-17-5-3-2-4-6-17/h7,17,23H,2-6,8-13,15H2,1H3,(H2,22,25). The molecule has 1 aliphatic carbocycles. The second kappa shape index (κ2) is 9.72. The molecular formula is C20H32N4O2. The van der Waals surface area contributed by atoms with Gasteiger partial charge in [-0.1, -0.05) is 43.8 Å². The van der Waals surface area contributed by atoms with Gasteiger partial charge in [0.05, 0.1) is 6.07 Å². The Morgan fingerprint density at radius 1 is 1.35 bits per heavy atom. The van der Waals surface area contributed by atoms with Gasteiger partial charge in [0.2, 0.25) is 11.8 Å². The van der Waals surface area contributed by atoms with Crippen molar-refractivity contribution in [3.63, 3.8) is 0 Å². The van der Waals surface area contributed by atoms with Crippen molar-refractivity contribution in [2.45, 2.75) is 70.3 Å². The number of rotatable bonds is 8. The Labute approximate surface area is 156 Å². The molecule has 2 rings (SSSR count). The Bertz CT molecular complexity index is 567. The van der Waals surface area contributed by atoms with Gasteiger partial charge >= 0.3 is 0 Å². The largest absolute Gasteiger partial charge is 0.369 e. The van der Waals surface area contributed by atoms with E-state index in [1.54, 1.807) is 11.0 Å². The molecule has 0 spiro atoms. The Balaban J connectivity index is 2.06. The van der Waals surface area contributed by atoms with Gasteiger partial charge in [0.25, 0.3) is 0 Å². The monoisotopic (exact) mass is 360 g/mol. The van der Waals surface area contributed by atoms with Crippen LogP contribution in [0.2, 0.25) is 0 Å². The summed E-state index contributed by atoms with van der Waals surface area (Å²) in [6, 6.07) is 2.39. The predicted octanol–water partition coefficient (Wildman–Crippen LogP) is 2.25. The van der Waals surface area contributed by atoms with Crippen LogP contribution in [-0.4, -0.2) is 41.9 Å². The molecule has 6 nitrogen and oxygen atoms in total. The molecule has 0 radical (unpaired) electrons. The second-order valence-corrected chi connectivity index (χ2v) is 7.81. The van der Waals surface area contributed by atoms with Crippen molar-refractivity contribution < 1.29 is 9.59 Å². The molecular weight excluding hydrogens is 328 g/mol. The number of nitriles is 1. The average molecular weight is 361 g/mol. The van der Waals surface area contributed by atoms with Crippen LogP contribution in [0.15, 0.2) is 11.6 Å². The number of carbonyl (C=O) groups is 2. The summed E-state index contributed by atoms with van der Waals surface area (Å²) in [6.07, 6.45) is 10.3. The van der Waals surface area contributed by atoms with Gasteiger partial charge in [-0.2, -0.15) is 5.26 Å². The fourth-order valence-electron chi connectivity index (χ4n) is 4.07. The molecule has 26 heavy (non-hydrogen) atoms. The van der Waals surface area contributed by atoms with E-state index in [-0.39, 0.29) is 12.3 Å². The number of nitrogens with zero attached hydrogens (tertiary/aromatic N) is 2. The van der Waals surface area contributed by atoms with Crippen molar-refractivity contribution >= 4 is 11.8 Å². The molecule has 6 heteroatoms. The van der Waals surface area contributed by atoms with Crippen LogP contribution in [0.3, 0.4) is 0 Å². The van der Waals surface area contributed by atoms with Crippen LogP contribution in [0, 0.1) is 17.2 Å². The first kappa shape index (κ1) is 20.4. The van der Waals surface area contributed by atoms with Gasteiger partial charge in [-0.15, -0.1) is 0 Å². The maximum atomic E-state index is 13.0. The summed E-state index contributed by atoms with van der Waals surface area (Å²) in [5.74, 6) is 0.297. The lowest BCUT2D eigenvalue weighted by Crippen LogP contribution is -2.53. The SMILES string of the molecule is CC(=CCC(N)=O)CN(C(=O)CCC1CCCCC1)C1(C#N)CCNC1. The fraction of sp³-hybridized carbons (Fsp3) is 0.750. The highest BCUT2D eigenvalue weighted by Crippen LogP contribution is 2.29. The van der Waals surface area contributed by atoms with E-state index in [1.807, 2.05) is 6.92 Å². The molecule has 1 unspecified atom stereocenters. The van der Waals surface area contributed by atoms with E-state index in [4.69, 9.17) is 5.73 Å². The molecule has 2 amide bonds. The van der Waals surface area contributed by atoms with Gasteiger partial charge in [-0.3, -0.25) is 9.59 Å². The molecule has 1 saturated heterocycles. The van der Waals surface area contributed by atoms with Crippen LogP contribution >= 0.6 is 0 Å². The van der Waals surface area contributed by atoms with Crippen molar-refractivity contribution in [2.24, 2.45) is 11.7 Å². The highest BCUT2D eigenvalue weighted by atomic mass is 16.2. The lowest BCUT2D eigenvalue weighted by Gasteiger charge is -2.36. The molecule has 3 N–H and O–H groups in total. The topological polar surface area (TPSA) is 99.2 Å². The van der Waals surface area contributed by atoms with E-state index in [1.165, 1.54) is 32.1 Å². The summed E-state index contributed by atoms with van der Waals surface area (Å²) in [6.45, 7) is 3.51. The van der Waals surface area contributed by atoms with E-state index < -0.39 is 11.4 Å². The molecule has 0 bridgehead atoms. The summed E-state index contributed by atoms with van der Waals surface area (Å²) in [4.78, 5) is 25.8. The quantitative estimate of drug-likeness (QED) is 0.649. The Hall–Kier alpha value is -1.87. The van der Waals surface area contributed by atoms with Crippen molar-refractivity contribution in [1.82, 2.24) is 10.2 Å². The molecule has 1 saturated carbocycles. The lowest BCUT2D eigenvalue weighted by atomic mass is 9.85. The molecule has 144 valence electrons. The molecule has 2 fully saturated rings. The number of amides is 2. The van der Waals surface area contributed by atoms with Crippen LogP contribution < -0.4 is 11.1 Å². The summed E-state index contributed by atoms with van der Waals surface area (Å²) < 4.78 is 0. The minimum Gasteiger partial charge on any atom is -0.369 e. The number of nitrogens with two attached hydrogens (primary N) is 1. The third kappa shape index (κ3) is 5.57. The molecule has 2 aliphatic rings. The zero-order valence-corrected chi connectivity index (χ0v) is 15.9. The van der Waals surface area contributed by atoms with Crippen LogP contribution in [0.25, 0.3) is 0 Å². The summed E-state index contributed by atoms with van der Waals surface area (Å²) >= 11 is 0. The molecule has 0 aromatic rings. The first-order valence-electron chi connectivity index (χ1n) is 9.83. The number of hydrogen-bond acceptors (Lipinski definition) is 4. The molecule has 1 atom stereocenters. The number of carbonyl (C=O) groups excluding carboxylic acids is 2. The van der Waals surface area contributed by atoms with Crippen LogP contribution in [-0.2, 0) is 9.59 Å². The molecule has 0 aromatic carbocycles. The second-order valence-electron chi connectivity index (χ2n) is 7.81. The van der Waals surface area contributed by atoms with Gasteiger partial charge in [-0.05, 0) is 32.2 Å². The first-order chi connectivity index (χ1) is 12.5. The maximum Gasteiger partial charge on any atom is 0.224 e. The Morgan fingerprint density at radius 3 is 2.65 bits per heavy atom. The zero-order valence-electron chi connectivity index (χ0n) is 15.9. The summed E-state index contributed by atoms with van der Waals surface area (Å²) in [7, 11) is 0. The zero-order chi connectivity index (χ0) is 19.0. The first-order valence-corrected chi connectivity index (χ1v) is 9.83.